The quantitative estimate of drug-likeness (QED) is 0.600. The van der Waals surface area contributed by atoms with Crippen molar-refractivity contribution in [3.05, 3.63) is 11.2 Å². The van der Waals surface area contributed by atoms with Crippen molar-refractivity contribution >= 4 is 11.6 Å². The van der Waals surface area contributed by atoms with E-state index in [1.807, 2.05) is 14.1 Å². The molecule has 0 heterocycles. The van der Waals surface area contributed by atoms with Gasteiger partial charge in [-0.25, -0.2) is 0 Å². The van der Waals surface area contributed by atoms with Crippen molar-refractivity contribution in [1.82, 2.24) is 4.90 Å². The summed E-state index contributed by atoms with van der Waals surface area (Å²) in [6, 6.07) is 0. The molecule has 3 heteroatoms. The van der Waals surface area contributed by atoms with E-state index in [0.717, 1.165) is 0 Å². The Hall–Kier alpha value is -0.210. The number of aliphatic hydroxyl groups excluding tert-OH is 1. The van der Waals surface area contributed by atoms with Crippen molar-refractivity contribution < 1.29 is 5.11 Å². The van der Waals surface area contributed by atoms with Crippen LogP contribution in [0, 0.1) is 0 Å². The molecule has 0 saturated heterocycles. The van der Waals surface area contributed by atoms with Crippen LogP contribution in [0.25, 0.3) is 0 Å². The van der Waals surface area contributed by atoms with Crippen molar-refractivity contribution in [2.75, 3.05) is 20.7 Å². The molecule has 0 radical (unpaired) electrons. The first-order valence-corrected chi connectivity index (χ1v) is 2.73. The van der Waals surface area contributed by atoms with Crippen LogP contribution in [-0.2, 0) is 0 Å². The summed E-state index contributed by atoms with van der Waals surface area (Å²) in [5.74, 6) is 0. The van der Waals surface area contributed by atoms with Gasteiger partial charge in [-0.1, -0.05) is 11.6 Å². The number of rotatable bonds is 2. The monoisotopic (exact) mass is 135 g/mol. The molecule has 2 nitrogen and oxygen atoms in total. The Kier molecular flexibility index (Phi) is 3.65. The van der Waals surface area contributed by atoms with Crippen molar-refractivity contribution in [3.63, 3.8) is 0 Å². The van der Waals surface area contributed by atoms with Crippen LogP contribution in [0.4, 0.5) is 0 Å². The van der Waals surface area contributed by atoms with E-state index in [0.29, 0.717) is 5.70 Å². The highest BCUT2D eigenvalue weighted by Gasteiger charge is 1.92. The van der Waals surface area contributed by atoms with Crippen LogP contribution in [0.3, 0.4) is 0 Å². The molecular weight excluding hydrogens is 126 g/mol. The van der Waals surface area contributed by atoms with Crippen LogP contribution in [-0.4, -0.2) is 30.7 Å². The van der Waals surface area contributed by atoms with Crippen LogP contribution >= 0.6 is 11.6 Å². The van der Waals surface area contributed by atoms with E-state index in [2.05, 4.69) is 0 Å². The van der Waals surface area contributed by atoms with E-state index >= 15 is 0 Å². The summed E-state index contributed by atoms with van der Waals surface area (Å²) in [7, 11) is 3.65. The Morgan fingerprint density at radius 3 is 2.25 bits per heavy atom. The van der Waals surface area contributed by atoms with E-state index in [-0.39, 0.29) is 6.61 Å². The Bertz CT molecular complexity index is 90.4. The van der Waals surface area contributed by atoms with Gasteiger partial charge in [0.15, 0.2) is 0 Å². The lowest BCUT2D eigenvalue weighted by Gasteiger charge is -2.12. The van der Waals surface area contributed by atoms with Gasteiger partial charge in [0.1, 0.15) is 0 Å². The summed E-state index contributed by atoms with van der Waals surface area (Å²) in [4.78, 5) is 1.76. The normalized spacial score (nSPS) is 11.8. The van der Waals surface area contributed by atoms with E-state index < -0.39 is 0 Å². The first kappa shape index (κ1) is 7.79. The van der Waals surface area contributed by atoms with Crippen molar-refractivity contribution in [1.29, 1.82) is 0 Å². The van der Waals surface area contributed by atoms with Gasteiger partial charge < -0.3 is 10.0 Å². The molecule has 0 unspecified atom stereocenters. The molecule has 0 aliphatic carbocycles. The Morgan fingerprint density at radius 2 is 2.25 bits per heavy atom. The molecule has 0 rings (SSSR count). The van der Waals surface area contributed by atoms with Gasteiger partial charge in [0.05, 0.1) is 12.3 Å². The molecular formula is C5H10ClNO. The van der Waals surface area contributed by atoms with Crippen LogP contribution < -0.4 is 0 Å². The molecule has 0 saturated carbocycles. The largest absolute Gasteiger partial charge is 0.390 e. The first-order chi connectivity index (χ1) is 3.72. The second kappa shape index (κ2) is 3.75. The van der Waals surface area contributed by atoms with Crippen LogP contribution in [0.15, 0.2) is 11.2 Å². The van der Waals surface area contributed by atoms with E-state index in [1.165, 1.54) is 5.54 Å². The smallest absolute Gasteiger partial charge is 0.0838 e. The van der Waals surface area contributed by atoms with Gasteiger partial charge in [-0.3, -0.25) is 0 Å². The molecule has 0 aromatic carbocycles. The van der Waals surface area contributed by atoms with Crippen LogP contribution in [0.5, 0.6) is 0 Å². The Balaban J connectivity index is 3.72. The standard InChI is InChI=1S/C5H10ClNO/c1-7(2)5(3-6)4-8/h3,8H,4H2,1-2H3. The zero-order chi connectivity index (χ0) is 6.57. The molecule has 0 aromatic rings. The van der Waals surface area contributed by atoms with E-state index in [4.69, 9.17) is 16.7 Å². The maximum atomic E-state index is 8.50. The Morgan fingerprint density at radius 1 is 1.75 bits per heavy atom. The average Bonchev–Trinajstić information content (AvgIpc) is 1.69. The molecule has 48 valence electrons. The maximum absolute atomic E-state index is 8.50. The number of halogens is 1. The van der Waals surface area contributed by atoms with Crippen molar-refractivity contribution in [2.24, 2.45) is 0 Å². The van der Waals surface area contributed by atoms with Gasteiger partial charge in [-0.2, -0.15) is 0 Å². The molecule has 0 amide bonds. The lowest BCUT2D eigenvalue weighted by atomic mass is 10.5. The molecule has 0 bridgehead atoms. The minimum Gasteiger partial charge on any atom is -0.390 e. The fourth-order valence-electron chi connectivity index (χ4n) is 0.274. The third-order valence-electron chi connectivity index (χ3n) is 0.862. The first-order valence-electron chi connectivity index (χ1n) is 2.29. The van der Waals surface area contributed by atoms with Gasteiger partial charge in [0.2, 0.25) is 0 Å². The summed E-state index contributed by atoms with van der Waals surface area (Å²) in [5, 5.41) is 8.50. The third-order valence-corrected chi connectivity index (χ3v) is 1.11. The third kappa shape index (κ3) is 2.19. The molecule has 0 spiro atoms. The molecule has 0 aliphatic rings. The zero-order valence-electron chi connectivity index (χ0n) is 5.06. The van der Waals surface area contributed by atoms with Gasteiger partial charge in [0, 0.05) is 19.6 Å². The van der Waals surface area contributed by atoms with Crippen molar-refractivity contribution in [2.45, 2.75) is 0 Å². The summed E-state index contributed by atoms with van der Waals surface area (Å²) in [6.45, 7) is -0.00347. The highest BCUT2D eigenvalue weighted by atomic mass is 35.5. The number of aliphatic hydroxyl groups is 1. The predicted octanol–water partition coefficient (Wildman–Crippen LogP) is 0.621. The highest BCUT2D eigenvalue weighted by Crippen LogP contribution is 1.97. The lowest BCUT2D eigenvalue weighted by Crippen LogP contribution is -2.13. The molecule has 0 atom stereocenters. The van der Waals surface area contributed by atoms with Gasteiger partial charge in [0.25, 0.3) is 0 Å². The molecule has 0 fully saturated rings. The topological polar surface area (TPSA) is 23.5 Å². The van der Waals surface area contributed by atoms with Crippen molar-refractivity contribution in [3.8, 4) is 0 Å². The van der Waals surface area contributed by atoms with Crippen LogP contribution in [0.2, 0.25) is 0 Å². The zero-order valence-corrected chi connectivity index (χ0v) is 5.81. The Labute approximate surface area is 54.4 Å². The summed E-state index contributed by atoms with van der Waals surface area (Å²) in [5.41, 5.74) is 2.08. The number of hydrogen-bond donors (Lipinski definition) is 1. The SMILES string of the molecule is CN(C)C(=CCl)CO. The second-order valence-corrected chi connectivity index (χ2v) is 1.87. The average molecular weight is 136 g/mol. The summed E-state index contributed by atoms with van der Waals surface area (Å²) >= 11 is 5.30. The summed E-state index contributed by atoms with van der Waals surface area (Å²) < 4.78 is 0. The molecule has 0 aromatic heterocycles. The fourth-order valence-corrected chi connectivity index (χ4v) is 0.538. The number of hydrogen-bond acceptors (Lipinski definition) is 2. The summed E-state index contributed by atoms with van der Waals surface area (Å²) in [6.07, 6.45) is 0. The number of likely N-dealkylation sites (N-methyl/N-ethyl adjacent to an activating group) is 1. The molecule has 0 aliphatic heterocycles. The van der Waals surface area contributed by atoms with Gasteiger partial charge in [-0.15, -0.1) is 0 Å². The van der Waals surface area contributed by atoms with E-state index in [9.17, 15) is 0 Å². The highest BCUT2D eigenvalue weighted by molar-refractivity contribution is 6.25. The predicted molar refractivity (Wildman–Crippen MR) is 34.7 cm³/mol. The van der Waals surface area contributed by atoms with Gasteiger partial charge in [-0.05, 0) is 0 Å². The molecule has 1 N–H and O–H groups in total. The fraction of sp³-hybridized carbons (Fsp3) is 0.600. The van der Waals surface area contributed by atoms with Gasteiger partial charge >= 0.3 is 0 Å². The van der Waals surface area contributed by atoms with Crippen LogP contribution in [0.1, 0.15) is 0 Å². The minimum atomic E-state index is -0.00347. The lowest BCUT2D eigenvalue weighted by molar-refractivity contribution is 0.291. The number of nitrogens with zero attached hydrogens (tertiary/aromatic N) is 1. The van der Waals surface area contributed by atoms with E-state index in [1.54, 1.807) is 4.90 Å². The second-order valence-electron chi connectivity index (χ2n) is 1.65. The minimum absolute atomic E-state index is 0.00347. The molecule has 8 heavy (non-hydrogen) atoms. The maximum Gasteiger partial charge on any atom is 0.0838 e.